The van der Waals surface area contributed by atoms with Crippen molar-refractivity contribution >= 4 is 23.4 Å². The molecule has 0 aliphatic rings. The second-order valence-corrected chi connectivity index (χ2v) is 5.70. The van der Waals surface area contributed by atoms with Crippen molar-refractivity contribution in [2.45, 2.75) is 33.1 Å². The molecule has 1 aromatic carbocycles. The highest BCUT2D eigenvalue weighted by molar-refractivity contribution is 5.99. The van der Waals surface area contributed by atoms with Gasteiger partial charge in [0.25, 0.3) is 5.91 Å². The molecule has 0 saturated heterocycles. The fourth-order valence-electron chi connectivity index (χ4n) is 2.36. The summed E-state index contributed by atoms with van der Waals surface area (Å²) in [6.07, 6.45) is 1.35. The highest BCUT2D eigenvalue weighted by Crippen LogP contribution is 2.27. The molecule has 0 bridgehead atoms. The Morgan fingerprint density at radius 3 is 2.38 bits per heavy atom. The quantitative estimate of drug-likeness (QED) is 0.537. The average Bonchev–Trinajstić information content (AvgIpc) is 2.57. The first kappa shape index (κ1) is 19.6. The van der Waals surface area contributed by atoms with E-state index >= 15 is 0 Å². The van der Waals surface area contributed by atoms with Crippen LogP contribution < -0.4 is 22.1 Å². The van der Waals surface area contributed by atoms with Crippen LogP contribution in [-0.4, -0.2) is 30.8 Å². The lowest BCUT2D eigenvalue weighted by Gasteiger charge is -2.28. The maximum atomic E-state index is 12.5. The van der Waals surface area contributed by atoms with Crippen LogP contribution in [-0.2, 0) is 9.59 Å². The number of rotatable bonds is 9. The summed E-state index contributed by atoms with van der Waals surface area (Å²) in [5.41, 5.74) is 11.1. The highest BCUT2D eigenvalue weighted by atomic mass is 16.2. The lowest BCUT2D eigenvalue weighted by atomic mass is 9.81. The van der Waals surface area contributed by atoms with Crippen LogP contribution >= 0.6 is 0 Å². The number of primary amides is 1. The van der Waals surface area contributed by atoms with E-state index in [1.807, 2.05) is 13.8 Å². The van der Waals surface area contributed by atoms with Crippen LogP contribution in [0.5, 0.6) is 0 Å². The summed E-state index contributed by atoms with van der Waals surface area (Å²) in [6.45, 7) is 4.29. The minimum Gasteiger partial charge on any atom is -0.370 e. The average molecular weight is 334 g/mol. The standard InChI is InChI=1S/C17H26N4O3/c1-3-17(4-2,11-18)16(24)21-13-7-5-6-12(10-13)15(23)20-9-8-14(19)22/h5-7,10H,3-4,8-9,11,18H2,1-2H3,(H2,19,22)(H,20,23)(H,21,24). The van der Waals surface area contributed by atoms with Crippen molar-refractivity contribution in [3.63, 3.8) is 0 Å². The zero-order chi connectivity index (χ0) is 18.2. The van der Waals surface area contributed by atoms with Crippen molar-refractivity contribution in [3.05, 3.63) is 29.8 Å². The molecule has 0 fully saturated rings. The summed E-state index contributed by atoms with van der Waals surface area (Å²) in [7, 11) is 0. The molecular weight excluding hydrogens is 308 g/mol. The van der Waals surface area contributed by atoms with Gasteiger partial charge in [-0.05, 0) is 31.0 Å². The van der Waals surface area contributed by atoms with Crippen molar-refractivity contribution < 1.29 is 14.4 Å². The van der Waals surface area contributed by atoms with Crippen LogP contribution in [0.1, 0.15) is 43.5 Å². The van der Waals surface area contributed by atoms with Crippen LogP contribution in [0.15, 0.2) is 24.3 Å². The molecule has 6 N–H and O–H groups in total. The Morgan fingerprint density at radius 2 is 1.83 bits per heavy atom. The summed E-state index contributed by atoms with van der Waals surface area (Å²) in [5, 5.41) is 5.43. The SMILES string of the molecule is CCC(CC)(CN)C(=O)Nc1cccc(C(=O)NCCC(N)=O)c1. The van der Waals surface area contributed by atoms with E-state index in [0.717, 1.165) is 0 Å². The first-order chi connectivity index (χ1) is 11.4. The molecule has 0 radical (unpaired) electrons. The van der Waals surface area contributed by atoms with E-state index in [0.29, 0.717) is 24.1 Å². The minimum absolute atomic E-state index is 0.0776. The number of benzene rings is 1. The molecule has 0 atom stereocenters. The van der Waals surface area contributed by atoms with E-state index in [4.69, 9.17) is 11.5 Å². The Morgan fingerprint density at radius 1 is 1.17 bits per heavy atom. The van der Waals surface area contributed by atoms with Crippen LogP contribution in [0.2, 0.25) is 0 Å². The minimum atomic E-state index is -0.611. The topological polar surface area (TPSA) is 127 Å². The van der Waals surface area contributed by atoms with Crippen molar-refractivity contribution in [3.8, 4) is 0 Å². The Balaban J connectivity index is 2.79. The number of nitrogens with one attached hydrogen (secondary N) is 2. The second-order valence-electron chi connectivity index (χ2n) is 5.70. The zero-order valence-electron chi connectivity index (χ0n) is 14.2. The number of nitrogens with two attached hydrogens (primary N) is 2. The van der Waals surface area contributed by atoms with E-state index < -0.39 is 11.3 Å². The third-order valence-electron chi connectivity index (χ3n) is 4.27. The molecule has 0 spiro atoms. The van der Waals surface area contributed by atoms with Gasteiger partial charge >= 0.3 is 0 Å². The van der Waals surface area contributed by atoms with Crippen LogP contribution in [0.25, 0.3) is 0 Å². The summed E-state index contributed by atoms with van der Waals surface area (Å²) in [5.74, 6) is -0.960. The maximum Gasteiger partial charge on any atom is 0.251 e. The van der Waals surface area contributed by atoms with Gasteiger partial charge in [-0.2, -0.15) is 0 Å². The molecule has 132 valence electrons. The fraction of sp³-hybridized carbons (Fsp3) is 0.471. The van der Waals surface area contributed by atoms with E-state index in [1.54, 1.807) is 24.3 Å². The lowest BCUT2D eigenvalue weighted by Crippen LogP contribution is -2.41. The normalized spacial score (nSPS) is 11.0. The maximum absolute atomic E-state index is 12.5. The fourth-order valence-corrected chi connectivity index (χ4v) is 2.36. The van der Waals surface area contributed by atoms with Crippen LogP contribution in [0, 0.1) is 5.41 Å². The van der Waals surface area contributed by atoms with Crippen molar-refractivity contribution in [2.24, 2.45) is 16.9 Å². The predicted octanol–water partition coefficient (Wildman–Crippen LogP) is 0.995. The van der Waals surface area contributed by atoms with Gasteiger partial charge in [-0.3, -0.25) is 14.4 Å². The van der Waals surface area contributed by atoms with Crippen molar-refractivity contribution in [2.75, 3.05) is 18.4 Å². The molecular formula is C17H26N4O3. The third kappa shape index (κ3) is 5.06. The molecule has 0 heterocycles. The van der Waals surface area contributed by atoms with Gasteiger partial charge in [0, 0.05) is 30.8 Å². The van der Waals surface area contributed by atoms with Crippen molar-refractivity contribution in [1.29, 1.82) is 0 Å². The van der Waals surface area contributed by atoms with E-state index in [9.17, 15) is 14.4 Å². The number of hydrogen-bond acceptors (Lipinski definition) is 4. The summed E-state index contributed by atoms with van der Waals surface area (Å²) >= 11 is 0. The summed E-state index contributed by atoms with van der Waals surface area (Å²) in [6, 6.07) is 6.61. The third-order valence-corrected chi connectivity index (χ3v) is 4.27. The summed E-state index contributed by atoms with van der Waals surface area (Å²) < 4.78 is 0. The van der Waals surface area contributed by atoms with Gasteiger partial charge in [-0.15, -0.1) is 0 Å². The Labute approximate surface area is 142 Å². The predicted molar refractivity (Wildman–Crippen MR) is 93.3 cm³/mol. The van der Waals surface area contributed by atoms with E-state index in [1.165, 1.54) is 0 Å². The van der Waals surface area contributed by atoms with Gasteiger partial charge in [0.15, 0.2) is 0 Å². The van der Waals surface area contributed by atoms with E-state index in [-0.39, 0.29) is 31.3 Å². The van der Waals surface area contributed by atoms with Gasteiger partial charge in [0.05, 0.1) is 5.41 Å². The lowest BCUT2D eigenvalue weighted by molar-refractivity contribution is -0.125. The number of anilines is 1. The Bertz CT molecular complexity index is 589. The number of hydrogen-bond donors (Lipinski definition) is 4. The van der Waals surface area contributed by atoms with Gasteiger partial charge in [0.2, 0.25) is 11.8 Å². The number of carbonyl (C=O) groups is 3. The van der Waals surface area contributed by atoms with Crippen LogP contribution in [0.4, 0.5) is 5.69 Å². The Hall–Kier alpha value is -2.41. The molecule has 1 aromatic rings. The molecule has 24 heavy (non-hydrogen) atoms. The molecule has 7 nitrogen and oxygen atoms in total. The second kappa shape index (κ2) is 9.02. The molecule has 0 aliphatic carbocycles. The van der Waals surface area contributed by atoms with Gasteiger partial charge in [-0.1, -0.05) is 19.9 Å². The monoisotopic (exact) mass is 334 g/mol. The Kier molecular flexibility index (Phi) is 7.38. The van der Waals surface area contributed by atoms with Crippen molar-refractivity contribution in [1.82, 2.24) is 5.32 Å². The molecule has 7 heteroatoms. The first-order valence-electron chi connectivity index (χ1n) is 8.06. The first-order valence-corrected chi connectivity index (χ1v) is 8.06. The zero-order valence-corrected chi connectivity index (χ0v) is 14.2. The summed E-state index contributed by atoms with van der Waals surface area (Å²) in [4.78, 5) is 35.2. The number of carbonyl (C=O) groups excluding carboxylic acids is 3. The molecule has 0 aromatic heterocycles. The van der Waals surface area contributed by atoms with Gasteiger partial charge in [-0.25, -0.2) is 0 Å². The highest BCUT2D eigenvalue weighted by Gasteiger charge is 2.33. The largest absolute Gasteiger partial charge is 0.370 e. The molecule has 1 rings (SSSR count). The molecule has 0 aliphatic heterocycles. The molecule has 0 saturated carbocycles. The molecule has 3 amide bonds. The number of amides is 3. The van der Waals surface area contributed by atoms with Gasteiger partial charge < -0.3 is 22.1 Å². The smallest absolute Gasteiger partial charge is 0.251 e. The van der Waals surface area contributed by atoms with Gasteiger partial charge in [0.1, 0.15) is 0 Å². The van der Waals surface area contributed by atoms with Crippen LogP contribution in [0.3, 0.4) is 0 Å². The van der Waals surface area contributed by atoms with E-state index in [2.05, 4.69) is 10.6 Å². The molecule has 0 unspecified atom stereocenters.